The van der Waals surface area contributed by atoms with Gasteiger partial charge in [0.15, 0.2) is 6.61 Å². The minimum Gasteiger partial charge on any atom is -0.482 e. The molecule has 1 aliphatic heterocycles. The molecule has 0 saturated carbocycles. The molecule has 136 valence electrons. The van der Waals surface area contributed by atoms with E-state index in [4.69, 9.17) is 4.74 Å². The summed E-state index contributed by atoms with van der Waals surface area (Å²) in [6, 6.07) is 9.16. The summed E-state index contributed by atoms with van der Waals surface area (Å²) in [6.45, 7) is 4.69. The van der Waals surface area contributed by atoms with Crippen LogP contribution < -0.4 is 20.7 Å². The quantitative estimate of drug-likeness (QED) is 0.742. The van der Waals surface area contributed by atoms with Crippen molar-refractivity contribution in [3.63, 3.8) is 0 Å². The van der Waals surface area contributed by atoms with Crippen molar-refractivity contribution in [2.45, 2.75) is 26.3 Å². The van der Waals surface area contributed by atoms with E-state index in [0.29, 0.717) is 29.4 Å². The highest BCUT2D eigenvalue weighted by Gasteiger charge is 2.17. The van der Waals surface area contributed by atoms with E-state index < -0.39 is 0 Å². The van der Waals surface area contributed by atoms with Gasteiger partial charge in [-0.2, -0.15) is 0 Å². The molecule has 1 aromatic heterocycles. The van der Waals surface area contributed by atoms with Gasteiger partial charge in [0.1, 0.15) is 11.6 Å². The number of benzene rings is 1. The topological polar surface area (TPSA) is 92.4 Å². The molecule has 26 heavy (non-hydrogen) atoms. The summed E-state index contributed by atoms with van der Waals surface area (Å²) in [5.41, 5.74) is 2.19. The number of rotatable bonds is 6. The van der Waals surface area contributed by atoms with Crippen LogP contribution in [0, 0.1) is 0 Å². The Hall–Kier alpha value is -3.09. The molecular weight excluding hydrogens is 332 g/mol. The molecule has 1 aromatic carbocycles. The zero-order valence-corrected chi connectivity index (χ0v) is 14.8. The van der Waals surface area contributed by atoms with E-state index >= 15 is 0 Å². The summed E-state index contributed by atoms with van der Waals surface area (Å²) in [7, 11) is 0. The van der Waals surface area contributed by atoms with Gasteiger partial charge in [-0.15, -0.1) is 0 Å². The summed E-state index contributed by atoms with van der Waals surface area (Å²) in [5, 5.41) is 8.91. The van der Waals surface area contributed by atoms with E-state index in [0.717, 1.165) is 12.0 Å². The van der Waals surface area contributed by atoms with Gasteiger partial charge in [-0.3, -0.25) is 9.59 Å². The van der Waals surface area contributed by atoms with Gasteiger partial charge in [0.25, 0.3) is 11.8 Å². The second-order valence-electron chi connectivity index (χ2n) is 6.15. The van der Waals surface area contributed by atoms with Gasteiger partial charge in [0, 0.05) is 12.7 Å². The SMILES string of the molecule is CCCNC(=O)c1ccc(NC(C)c2ccc3c(c2)NC(=O)CO3)nc1. The smallest absolute Gasteiger partial charge is 0.262 e. The van der Waals surface area contributed by atoms with Gasteiger partial charge in [-0.25, -0.2) is 4.98 Å². The molecule has 0 aliphatic carbocycles. The van der Waals surface area contributed by atoms with Gasteiger partial charge >= 0.3 is 0 Å². The number of ether oxygens (including phenoxy) is 1. The molecule has 0 fully saturated rings. The number of amides is 2. The summed E-state index contributed by atoms with van der Waals surface area (Å²) in [4.78, 5) is 27.7. The Labute approximate surface area is 152 Å². The molecule has 0 saturated heterocycles. The fraction of sp³-hybridized carbons (Fsp3) is 0.316. The second-order valence-corrected chi connectivity index (χ2v) is 6.15. The van der Waals surface area contributed by atoms with Crippen LogP contribution in [0.1, 0.15) is 42.2 Å². The van der Waals surface area contributed by atoms with Crippen LogP contribution in [-0.2, 0) is 4.79 Å². The molecule has 1 aliphatic rings. The minimum atomic E-state index is -0.158. The number of carbonyl (C=O) groups is 2. The van der Waals surface area contributed by atoms with Crippen molar-refractivity contribution in [2.24, 2.45) is 0 Å². The van der Waals surface area contributed by atoms with Crippen molar-refractivity contribution in [2.75, 3.05) is 23.8 Å². The molecule has 2 aromatic rings. The predicted molar refractivity (Wildman–Crippen MR) is 99.5 cm³/mol. The number of pyridine rings is 1. The average Bonchev–Trinajstić information content (AvgIpc) is 2.66. The number of hydrogen-bond acceptors (Lipinski definition) is 5. The fourth-order valence-electron chi connectivity index (χ4n) is 2.63. The van der Waals surface area contributed by atoms with Crippen LogP contribution in [-0.4, -0.2) is 29.9 Å². The van der Waals surface area contributed by atoms with Crippen molar-refractivity contribution in [3.8, 4) is 5.75 Å². The number of anilines is 2. The first kappa shape index (κ1) is 17.7. The van der Waals surface area contributed by atoms with E-state index in [9.17, 15) is 9.59 Å². The first-order valence-corrected chi connectivity index (χ1v) is 8.64. The highest BCUT2D eigenvalue weighted by Crippen LogP contribution is 2.31. The van der Waals surface area contributed by atoms with E-state index in [1.807, 2.05) is 32.0 Å². The third-order valence-electron chi connectivity index (χ3n) is 4.06. The van der Waals surface area contributed by atoms with Crippen LogP contribution in [0.2, 0.25) is 0 Å². The standard InChI is InChI=1S/C19H22N4O3/c1-3-8-20-19(25)14-5-7-17(21-10-14)22-12(2)13-4-6-16-15(9-13)23-18(24)11-26-16/h4-7,9-10,12H,3,8,11H2,1-2H3,(H,20,25)(H,21,22)(H,23,24). The molecule has 3 rings (SSSR count). The van der Waals surface area contributed by atoms with Crippen LogP contribution in [0.25, 0.3) is 0 Å². The molecule has 7 nitrogen and oxygen atoms in total. The Balaban J connectivity index is 1.66. The zero-order chi connectivity index (χ0) is 18.5. The Kier molecular flexibility index (Phi) is 5.36. The number of nitrogens with one attached hydrogen (secondary N) is 3. The van der Waals surface area contributed by atoms with Crippen LogP contribution in [0.5, 0.6) is 5.75 Å². The van der Waals surface area contributed by atoms with E-state index in [1.54, 1.807) is 18.3 Å². The van der Waals surface area contributed by atoms with E-state index in [-0.39, 0.29) is 24.5 Å². The molecule has 0 radical (unpaired) electrons. The van der Waals surface area contributed by atoms with Crippen molar-refractivity contribution < 1.29 is 14.3 Å². The largest absolute Gasteiger partial charge is 0.482 e. The highest BCUT2D eigenvalue weighted by atomic mass is 16.5. The highest BCUT2D eigenvalue weighted by molar-refractivity contribution is 5.95. The zero-order valence-electron chi connectivity index (χ0n) is 14.8. The van der Waals surface area contributed by atoms with Crippen LogP contribution in [0.15, 0.2) is 36.5 Å². The van der Waals surface area contributed by atoms with Crippen LogP contribution in [0.4, 0.5) is 11.5 Å². The molecule has 2 heterocycles. The minimum absolute atomic E-state index is 0.0357. The number of fused-ring (bicyclic) bond motifs is 1. The van der Waals surface area contributed by atoms with Crippen molar-refractivity contribution >= 4 is 23.3 Å². The fourth-order valence-corrected chi connectivity index (χ4v) is 2.63. The van der Waals surface area contributed by atoms with Crippen molar-refractivity contribution in [3.05, 3.63) is 47.7 Å². The molecule has 3 N–H and O–H groups in total. The molecule has 0 spiro atoms. The number of aromatic nitrogens is 1. The van der Waals surface area contributed by atoms with Gasteiger partial charge < -0.3 is 20.7 Å². The molecule has 1 atom stereocenters. The number of carbonyl (C=O) groups excluding carboxylic acids is 2. The first-order chi connectivity index (χ1) is 12.6. The summed E-state index contributed by atoms with van der Waals surface area (Å²) in [6.07, 6.45) is 2.45. The number of nitrogens with zero attached hydrogens (tertiary/aromatic N) is 1. The van der Waals surface area contributed by atoms with Gasteiger partial charge in [-0.1, -0.05) is 13.0 Å². The lowest BCUT2D eigenvalue weighted by atomic mass is 10.1. The summed E-state index contributed by atoms with van der Waals surface area (Å²) >= 11 is 0. The molecule has 2 amide bonds. The summed E-state index contributed by atoms with van der Waals surface area (Å²) < 4.78 is 5.37. The maximum absolute atomic E-state index is 11.9. The van der Waals surface area contributed by atoms with Crippen LogP contribution in [0.3, 0.4) is 0 Å². The lowest BCUT2D eigenvalue weighted by Crippen LogP contribution is -2.25. The van der Waals surface area contributed by atoms with Crippen molar-refractivity contribution in [1.82, 2.24) is 10.3 Å². The Morgan fingerprint density at radius 2 is 2.19 bits per heavy atom. The molecule has 0 bridgehead atoms. The maximum Gasteiger partial charge on any atom is 0.262 e. The molecular formula is C19H22N4O3. The summed E-state index contributed by atoms with van der Waals surface area (Å²) in [5.74, 6) is 1.06. The van der Waals surface area contributed by atoms with Gasteiger partial charge in [0.2, 0.25) is 0 Å². The second kappa shape index (κ2) is 7.86. The van der Waals surface area contributed by atoms with Gasteiger partial charge in [0.05, 0.1) is 17.3 Å². The van der Waals surface area contributed by atoms with E-state index in [1.165, 1.54) is 0 Å². The molecule has 1 unspecified atom stereocenters. The third kappa shape index (κ3) is 4.11. The first-order valence-electron chi connectivity index (χ1n) is 8.64. The Bertz CT molecular complexity index is 805. The normalized spacial score (nSPS) is 13.8. The Morgan fingerprint density at radius 3 is 2.92 bits per heavy atom. The van der Waals surface area contributed by atoms with Gasteiger partial charge in [-0.05, 0) is 43.2 Å². The lowest BCUT2D eigenvalue weighted by molar-refractivity contribution is -0.118. The predicted octanol–water partition coefficient (Wildman–Crippen LogP) is 2.73. The van der Waals surface area contributed by atoms with Crippen LogP contribution >= 0.6 is 0 Å². The third-order valence-corrected chi connectivity index (χ3v) is 4.06. The lowest BCUT2D eigenvalue weighted by Gasteiger charge is -2.21. The number of hydrogen-bond donors (Lipinski definition) is 3. The Morgan fingerprint density at radius 1 is 1.35 bits per heavy atom. The maximum atomic E-state index is 11.9. The monoisotopic (exact) mass is 354 g/mol. The van der Waals surface area contributed by atoms with E-state index in [2.05, 4.69) is 20.9 Å². The average molecular weight is 354 g/mol. The van der Waals surface area contributed by atoms with Crippen molar-refractivity contribution in [1.29, 1.82) is 0 Å². The molecule has 7 heteroatoms.